The quantitative estimate of drug-likeness (QED) is 0.796. The van der Waals surface area contributed by atoms with Gasteiger partial charge >= 0.3 is 6.09 Å². The zero-order valence-corrected chi connectivity index (χ0v) is 16.7. The van der Waals surface area contributed by atoms with Gasteiger partial charge < -0.3 is 15.0 Å². The minimum absolute atomic E-state index is 0.0360. The third-order valence-corrected chi connectivity index (χ3v) is 5.71. The summed E-state index contributed by atoms with van der Waals surface area (Å²) in [6, 6.07) is 9.98. The van der Waals surface area contributed by atoms with E-state index in [0.29, 0.717) is 32.8 Å². The van der Waals surface area contributed by atoms with Gasteiger partial charge in [-0.3, -0.25) is 19.8 Å². The summed E-state index contributed by atoms with van der Waals surface area (Å²) in [6.07, 6.45) is 3.49. The third kappa shape index (κ3) is 4.89. The smallest absolute Gasteiger partial charge is 0.409 e. The fraction of sp³-hybridized carbons (Fsp3) is 0.524. The maximum Gasteiger partial charge on any atom is 0.409 e. The number of rotatable bonds is 5. The van der Waals surface area contributed by atoms with Crippen molar-refractivity contribution in [1.29, 1.82) is 0 Å². The number of likely N-dealkylation sites (tertiary alicyclic amines) is 1. The summed E-state index contributed by atoms with van der Waals surface area (Å²) in [5, 5.41) is 4.32. The first-order chi connectivity index (χ1) is 14.2. The van der Waals surface area contributed by atoms with E-state index < -0.39 is 0 Å². The van der Waals surface area contributed by atoms with Crippen LogP contribution in [0.15, 0.2) is 36.5 Å². The van der Waals surface area contributed by atoms with Crippen LogP contribution in [0.5, 0.6) is 0 Å². The molecule has 2 aliphatic heterocycles. The molecule has 8 heteroatoms. The van der Waals surface area contributed by atoms with Gasteiger partial charge in [-0.25, -0.2) is 4.79 Å². The Morgan fingerprint density at radius 3 is 2.83 bits per heavy atom. The largest absolute Gasteiger partial charge is 0.448 e. The number of piperidine rings is 1. The van der Waals surface area contributed by atoms with Crippen molar-refractivity contribution < 1.29 is 14.3 Å². The molecule has 2 N–H and O–H groups in total. The van der Waals surface area contributed by atoms with E-state index in [-0.39, 0.29) is 17.9 Å². The van der Waals surface area contributed by atoms with Crippen LogP contribution in [0.25, 0.3) is 10.9 Å². The first kappa shape index (κ1) is 19.7. The molecule has 2 amide bonds. The second-order valence-corrected chi connectivity index (χ2v) is 7.71. The number of fused-ring (bicyclic) bond motifs is 1. The lowest BCUT2D eigenvalue weighted by molar-refractivity contribution is -0.122. The molecule has 8 nitrogen and oxygen atoms in total. The summed E-state index contributed by atoms with van der Waals surface area (Å²) >= 11 is 0. The van der Waals surface area contributed by atoms with Gasteiger partial charge in [0.2, 0.25) is 5.91 Å². The number of piperazine rings is 1. The highest BCUT2D eigenvalue weighted by atomic mass is 16.6. The third-order valence-electron chi connectivity index (χ3n) is 5.71. The van der Waals surface area contributed by atoms with E-state index in [0.717, 1.165) is 43.4 Å². The molecular weight excluding hydrogens is 370 g/mol. The highest BCUT2D eigenvalue weighted by Crippen LogP contribution is 2.18. The minimum atomic E-state index is -0.239. The normalized spacial score (nSPS) is 20.6. The fourth-order valence-electron chi connectivity index (χ4n) is 4.06. The highest BCUT2D eigenvalue weighted by molar-refractivity contribution is 5.89. The van der Waals surface area contributed by atoms with Gasteiger partial charge in [0.05, 0.1) is 11.4 Å². The Hall–Kier alpha value is -2.58. The Morgan fingerprint density at radius 2 is 1.97 bits per heavy atom. The number of carbonyl (C=O) groups is 2. The first-order valence-corrected chi connectivity index (χ1v) is 10.4. The van der Waals surface area contributed by atoms with Crippen LogP contribution in [0, 0.1) is 5.92 Å². The molecule has 29 heavy (non-hydrogen) atoms. The topological polar surface area (TPSA) is 78.8 Å². The van der Waals surface area contributed by atoms with E-state index in [1.165, 1.54) is 0 Å². The number of nitrogens with one attached hydrogen (secondary N) is 2. The lowest BCUT2D eigenvalue weighted by Gasteiger charge is -2.32. The molecular formula is C21H29N5O3. The molecule has 4 rings (SSSR count). The van der Waals surface area contributed by atoms with E-state index in [9.17, 15) is 9.59 Å². The number of aromatic nitrogens is 1. The van der Waals surface area contributed by atoms with Crippen LogP contribution in [-0.2, 0) is 9.53 Å². The maximum absolute atomic E-state index is 12.8. The summed E-state index contributed by atoms with van der Waals surface area (Å²) in [4.78, 5) is 28.8. The van der Waals surface area contributed by atoms with Crippen molar-refractivity contribution in [1.82, 2.24) is 19.8 Å². The number of carbonyl (C=O) groups excluding carboxylic acids is 2. The number of para-hydroxylation sites is 1. The Morgan fingerprint density at radius 1 is 1.14 bits per heavy atom. The van der Waals surface area contributed by atoms with Gasteiger partial charge in [0, 0.05) is 50.9 Å². The lowest BCUT2D eigenvalue weighted by Crippen LogP contribution is -2.47. The van der Waals surface area contributed by atoms with E-state index in [1.807, 2.05) is 36.5 Å². The average Bonchev–Trinajstić information content (AvgIpc) is 3.17. The van der Waals surface area contributed by atoms with Gasteiger partial charge in [-0.2, -0.15) is 0 Å². The second kappa shape index (κ2) is 9.28. The average molecular weight is 399 g/mol. The number of amides is 2. The van der Waals surface area contributed by atoms with Crippen LogP contribution in [0.2, 0.25) is 0 Å². The maximum atomic E-state index is 12.8. The van der Waals surface area contributed by atoms with Crippen LogP contribution in [0.1, 0.15) is 12.8 Å². The molecule has 1 aromatic carbocycles. The molecule has 0 aliphatic carbocycles. The van der Waals surface area contributed by atoms with Gasteiger partial charge in [-0.15, -0.1) is 0 Å². The van der Waals surface area contributed by atoms with Gasteiger partial charge in [0.1, 0.15) is 6.61 Å². The van der Waals surface area contributed by atoms with Crippen molar-refractivity contribution in [2.24, 2.45) is 5.92 Å². The van der Waals surface area contributed by atoms with Crippen molar-refractivity contribution in [3.05, 3.63) is 36.5 Å². The molecule has 0 radical (unpaired) electrons. The Balaban J connectivity index is 1.24. The highest BCUT2D eigenvalue weighted by Gasteiger charge is 2.26. The Bertz CT molecular complexity index is 846. The Kier molecular flexibility index (Phi) is 6.31. The number of ether oxygens (including phenoxy) is 1. The van der Waals surface area contributed by atoms with Crippen LogP contribution in [0.4, 0.5) is 4.79 Å². The van der Waals surface area contributed by atoms with Crippen molar-refractivity contribution in [2.75, 3.05) is 57.8 Å². The molecule has 2 fully saturated rings. The predicted octanol–water partition coefficient (Wildman–Crippen LogP) is 1.47. The molecule has 2 saturated heterocycles. The zero-order valence-electron chi connectivity index (χ0n) is 16.7. The van der Waals surface area contributed by atoms with E-state index >= 15 is 0 Å². The van der Waals surface area contributed by atoms with E-state index in [2.05, 4.69) is 15.6 Å². The van der Waals surface area contributed by atoms with Crippen molar-refractivity contribution >= 4 is 22.9 Å². The summed E-state index contributed by atoms with van der Waals surface area (Å²) in [5.41, 5.74) is 4.02. The Labute approximate surface area is 170 Å². The van der Waals surface area contributed by atoms with Gasteiger partial charge in [0.25, 0.3) is 0 Å². The molecule has 2 aromatic rings. The van der Waals surface area contributed by atoms with Crippen LogP contribution < -0.4 is 10.7 Å². The molecule has 1 atom stereocenters. The number of hydrogen-bond donors (Lipinski definition) is 2. The number of benzene rings is 1. The molecule has 2 aliphatic rings. The van der Waals surface area contributed by atoms with E-state index in [4.69, 9.17) is 4.74 Å². The molecule has 156 valence electrons. The van der Waals surface area contributed by atoms with Crippen LogP contribution >= 0.6 is 0 Å². The standard InChI is InChI=1S/C21H29N5O3/c27-20(23-26-11-7-17-4-1-2-6-19(17)26)18-5-3-10-24(16-18)14-15-29-21(28)25-12-8-22-9-13-25/h1-2,4,6-7,11,18,22H,3,5,8-10,12-16H2,(H,23,27). The first-order valence-electron chi connectivity index (χ1n) is 10.4. The summed E-state index contributed by atoms with van der Waals surface area (Å²) < 4.78 is 7.22. The molecule has 0 bridgehead atoms. The minimum Gasteiger partial charge on any atom is -0.448 e. The summed E-state index contributed by atoms with van der Waals surface area (Å²) in [6.45, 7) is 5.66. The van der Waals surface area contributed by atoms with Crippen molar-refractivity contribution in [3.63, 3.8) is 0 Å². The monoisotopic (exact) mass is 399 g/mol. The van der Waals surface area contributed by atoms with Crippen LogP contribution in [-0.4, -0.2) is 78.9 Å². The molecule has 1 unspecified atom stereocenters. The summed E-state index contributed by atoms with van der Waals surface area (Å²) in [5.74, 6) is -0.0253. The fourth-order valence-corrected chi connectivity index (χ4v) is 4.06. The van der Waals surface area contributed by atoms with Crippen molar-refractivity contribution in [3.8, 4) is 0 Å². The summed E-state index contributed by atoms with van der Waals surface area (Å²) in [7, 11) is 0. The number of nitrogens with zero attached hydrogens (tertiary/aromatic N) is 3. The molecule has 0 spiro atoms. The molecule has 1 aromatic heterocycles. The molecule has 0 saturated carbocycles. The zero-order chi connectivity index (χ0) is 20.1. The number of hydrogen-bond acceptors (Lipinski definition) is 5. The van der Waals surface area contributed by atoms with E-state index in [1.54, 1.807) is 9.58 Å². The molecule has 3 heterocycles. The second-order valence-electron chi connectivity index (χ2n) is 7.71. The lowest BCUT2D eigenvalue weighted by atomic mass is 9.97. The van der Waals surface area contributed by atoms with Gasteiger partial charge in [-0.1, -0.05) is 18.2 Å². The van der Waals surface area contributed by atoms with Crippen LogP contribution in [0.3, 0.4) is 0 Å². The SMILES string of the molecule is O=C(Nn1ccc2ccccc21)C1CCCN(CCOC(=O)N2CCNCC2)C1. The predicted molar refractivity (Wildman–Crippen MR) is 111 cm³/mol. The van der Waals surface area contributed by atoms with Gasteiger partial charge in [-0.05, 0) is 31.5 Å². The van der Waals surface area contributed by atoms with Gasteiger partial charge in [0.15, 0.2) is 0 Å². The van der Waals surface area contributed by atoms with Crippen molar-refractivity contribution in [2.45, 2.75) is 12.8 Å².